The van der Waals surface area contributed by atoms with Gasteiger partial charge in [-0.05, 0) is 38.1 Å². The smallest absolute Gasteiger partial charge is 0.411 e. The summed E-state index contributed by atoms with van der Waals surface area (Å²) in [5, 5.41) is 8.70. The Morgan fingerprint density at radius 3 is 2.62 bits per heavy atom. The van der Waals surface area contributed by atoms with Crippen LogP contribution in [0.5, 0.6) is 0 Å². The highest BCUT2D eigenvalue weighted by Gasteiger charge is 2.12. The Bertz CT molecular complexity index is 1110. The van der Waals surface area contributed by atoms with Crippen LogP contribution in [-0.4, -0.2) is 20.5 Å². The van der Waals surface area contributed by atoms with Crippen molar-refractivity contribution in [3.8, 4) is 11.5 Å². The van der Waals surface area contributed by atoms with E-state index in [2.05, 4.69) is 16.3 Å². The molecule has 0 atom stereocenters. The van der Waals surface area contributed by atoms with Crippen LogP contribution >= 0.6 is 11.8 Å². The third-order valence-corrected chi connectivity index (χ3v) is 4.79. The first-order valence-corrected chi connectivity index (χ1v) is 9.22. The van der Waals surface area contributed by atoms with Crippen LogP contribution in [0.25, 0.3) is 22.6 Å². The van der Waals surface area contributed by atoms with Gasteiger partial charge in [0.25, 0.3) is 5.22 Å². The number of rotatable bonds is 5. The maximum atomic E-state index is 12.0. The van der Waals surface area contributed by atoms with Crippen LogP contribution in [0.4, 0.5) is 0 Å². The third-order valence-electron chi connectivity index (χ3n) is 3.99. The number of para-hydroxylation sites is 2. The average Bonchev–Trinajstić information content (AvgIpc) is 3.19. The fraction of sp³-hybridized carbons (Fsp3) is 0.211. The summed E-state index contributed by atoms with van der Waals surface area (Å²) in [6.07, 6.45) is 0. The maximum absolute atomic E-state index is 12.0. The highest BCUT2D eigenvalue weighted by molar-refractivity contribution is 7.99. The number of aryl methyl sites for hydroxylation is 3. The minimum absolute atomic E-state index is 0.353. The molecule has 26 heavy (non-hydrogen) atoms. The molecule has 0 fully saturated rings. The Kier molecular flexibility index (Phi) is 4.38. The fourth-order valence-electron chi connectivity index (χ4n) is 2.93. The third kappa shape index (κ3) is 3.30. The molecule has 0 spiro atoms. The van der Waals surface area contributed by atoms with Crippen molar-refractivity contribution in [2.45, 2.75) is 25.6 Å². The molecular formula is C19H17N3O3S. The molecule has 2 aromatic carbocycles. The first-order chi connectivity index (χ1) is 12.6. The normalized spacial score (nSPS) is 11.3. The number of hydrogen-bond donors (Lipinski definition) is 0. The Hall–Kier alpha value is -2.80. The van der Waals surface area contributed by atoms with E-state index in [1.165, 1.54) is 11.8 Å². The average molecular weight is 367 g/mol. The molecule has 0 radical (unpaired) electrons. The molecule has 4 rings (SSSR count). The maximum Gasteiger partial charge on any atom is 0.419 e. The molecule has 0 bridgehead atoms. The molecule has 0 aliphatic carbocycles. The van der Waals surface area contributed by atoms with Crippen LogP contribution in [0.3, 0.4) is 0 Å². The molecule has 0 amide bonds. The van der Waals surface area contributed by atoms with Gasteiger partial charge in [-0.15, -0.1) is 10.2 Å². The number of fused-ring (bicyclic) bond motifs is 1. The molecule has 7 heteroatoms. The van der Waals surface area contributed by atoms with E-state index in [-0.39, 0.29) is 5.76 Å². The lowest BCUT2D eigenvalue weighted by Gasteiger charge is -2.01. The Morgan fingerprint density at radius 1 is 1.04 bits per heavy atom. The van der Waals surface area contributed by atoms with Crippen molar-refractivity contribution < 1.29 is 8.83 Å². The van der Waals surface area contributed by atoms with Crippen LogP contribution in [0, 0.1) is 13.8 Å². The van der Waals surface area contributed by atoms with Gasteiger partial charge >= 0.3 is 5.76 Å². The molecule has 0 unspecified atom stereocenters. The second kappa shape index (κ2) is 6.84. The Balaban J connectivity index is 1.46. The van der Waals surface area contributed by atoms with Gasteiger partial charge in [0.05, 0.1) is 5.52 Å². The van der Waals surface area contributed by atoms with Gasteiger partial charge in [0, 0.05) is 17.9 Å². The van der Waals surface area contributed by atoms with E-state index in [9.17, 15) is 4.79 Å². The molecule has 4 aromatic rings. The van der Waals surface area contributed by atoms with Gasteiger partial charge in [0.2, 0.25) is 5.89 Å². The Labute approximate surface area is 153 Å². The molecule has 0 N–H and O–H groups in total. The number of nitrogens with zero attached hydrogens (tertiary/aromatic N) is 3. The summed E-state index contributed by atoms with van der Waals surface area (Å²) in [6.45, 7) is 4.58. The van der Waals surface area contributed by atoms with Crippen molar-refractivity contribution in [2.24, 2.45) is 0 Å². The van der Waals surface area contributed by atoms with E-state index in [4.69, 9.17) is 8.83 Å². The number of benzene rings is 2. The molecule has 0 aliphatic rings. The highest BCUT2D eigenvalue weighted by atomic mass is 32.2. The highest BCUT2D eigenvalue weighted by Crippen LogP contribution is 2.25. The SMILES string of the molecule is Cc1cc(C)cc(-c2nnc(SCCn3c(=O)oc4ccccc43)o2)c1. The van der Waals surface area contributed by atoms with Gasteiger partial charge in [-0.1, -0.05) is 41.1 Å². The summed E-state index contributed by atoms with van der Waals surface area (Å²) in [7, 11) is 0. The number of oxazole rings is 1. The van der Waals surface area contributed by atoms with Crippen LogP contribution < -0.4 is 5.76 Å². The van der Waals surface area contributed by atoms with Crippen molar-refractivity contribution in [2.75, 3.05) is 5.75 Å². The van der Waals surface area contributed by atoms with E-state index >= 15 is 0 Å². The van der Waals surface area contributed by atoms with Crippen LogP contribution in [0.1, 0.15) is 11.1 Å². The second-order valence-corrected chi connectivity index (χ2v) is 7.13. The van der Waals surface area contributed by atoms with Gasteiger partial charge in [0.15, 0.2) is 5.58 Å². The molecule has 2 heterocycles. The standard InChI is InChI=1S/C19H17N3O3S/c1-12-9-13(2)11-14(10-12)17-20-21-18(25-17)26-8-7-22-15-5-3-4-6-16(15)24-19(22)23/h3-6,9-11H,7-8H2,1-2H3. The molecular weight excluding hydrogens is 350 g/mol. The quantitative estimate of drug-likeness (QED) is 0.495. The van der Waals surface area contributed by atoms with Crippen molar-refractivity contribution in [3.05, 3.63) is 64.1 Å². The van der Waals surface area contributed by atoms with Crippen molar-refractivity contribution in [1.29, 1.82) is 0 Å². The molecule has 0 saturated heterocycles. The van der Waals surface area contributed by atoms with Crippen LogP contribution in [0.2, 0.25) is 0 Å². The lowest BCUT2D eigenvalue weighted by molar-refractivity contribution is 0.465. The summed E-state index contributed by atoms with van der Waals surface area (Å²) in [5.74, 6) is 0.774. The summed E-state index contributed by atoms with van der Waals surface area (Å²) < 4.78 is 12.6. The van der Waals surface area contributed by atoms with Crippen molar-refractivity contribution >= 4 is 22.9 Å². The lowest BCUT2D eigenvalue weighted by atomic mass is 10.1. The van der Waals surface area contributed by atoms with Crippen LogP contribution in [0.15, 0.2) is 61.3 Å². The molecule has 0 saturated carbocycles. The van der Waals surface area contributed by atoms with E-state index < -0.39 is 0 Å². The van der Waals surface area contributed by atoms with Gasteiger partial charge < -0.3 is 8.83 Å². The van der Waals surface area contributed by atoms with E-state index in [1.54, 1.807) is 10.6 Å². The molecule has 2 aromatic heterocycles. The Morgan fingerprint density at radius 2 is 1.81 bits per heavy atom. The summed E-state index contributed by atoms with van der Waals surface area (Å²) >= 11 is 1.42. The van der Waals surface area contributed by atoms with Crippen molar-refractivity contribution in [1.82, 2.24) is 14.8 Å². The minimum atomic E-state index is -0.353. The predicted molar refractivity (Wildman–Crippen MR) is 100 cm³/mol. The molecule has 0 aliphatic heterocycles. The lowest BCUT2D eigenvalue weighted by Crippen LogP contribution is -2.15. The minimum Gasteiger partial charge on any atom is -0.411 e. The van der Waals surface area contributed by atoms with Gasteiger partial charge in [-0.2, -0.15) is 0 Å². The summed E-state index contributed by atoms with van der Waals surface area (Å²) in [6, 6.07) is 13.5. The molecule has 132 valence electrons. The number of aromatic nitrogens is 3. The predicted octanol–water partition coefficient (Wildman–Crippen LogP) is 4.05. The molecule has 6 nitrogen and oxygen atoms in total. The summed E-state index contributed by atoms with van der Waals surface area (Å²) in [5.41, 5.74) is 4.60. The first-order valence-electron chi connectivity index (χ1n) is 8.23. The van der Waals surface area contributed by atoms with Gasteiger partial charge in [0.1, 0.15) is 0 Å². The van der Waals surface area contributed by atoms with E-state index in [1.807, 2.05) is 44.2 Å². The number of hydrogen-bond acceptors (Lipinski definition) is 6. The van der Waals surface area contributed by atoms with Gasteiger partial charge in [-0.25, -0.2) is 4.79 Å². The fourth-order valence-corrected chi connectivity index (χ4v) is 3.62. The summed E-state index contributed by atoms with van der Waals surface area (Å²) in [4.78, 5) is 12.0. The zero-order chi connectivity index (χ0) is 18.1. The largest absolute Gasteiger partial charge is 0.419 e. The number of thioether (sulfide) groups is 1. The van der Waals surface area contributed by atoms with E-state index in [0.29, 0.717) is 29.0 Å². The van der Waals surface area contributed by atoms with Gasteiger partial charge in [-0.3, -0.25) is 4.57 Å². The van der Waals surface area contributed by atoms with Crippen LogP contribution in [-0.2, 0) is 6.54 Å². The topological polar surface area (TPSA) is 74.1 Å². The monoisotopic (exact) mass is 367 g/mol. The zero-order valence-corrected chi connectivity index (χ0v) is 15.2. The first kappa shape index (κ1) is 16.7. The zero-order valence-electron chi connectivity index (χ0n) is 14.4. The van der Waals surface area contributed by atoms with Crippen molar-refractivity contribution in [3.63, 3.8) is 0 Å². The van der Waals surface area contributed by atoms with E-state index in [0.717, 1.165) is 22.2 Å². The second-order valence-electron chi connectivity index (χ2n) is 6.09.